The molecule has 0 nitrogen and oxygen atoms in total. The summed E-state index contributed by atoms with van der Waals surface area (Å²) in [5, 5.41) is 0. The van der Waals surface area contributed by atoms with Crippen LogP contribution in [0.15, 0.2) is 0 Å². The zero-order valence-corrected chi connectivity index (χ0v) is 8.82. The second-order valence-electron chi connectivity index (χ2n) is 3.59. The van der Waals surface area contributed by atoms with Crippen LogP contribution in [0.2, 0.25) is 0 Å². The highest BCUT2D eigenvalue weighted by atomic mass is 14.0. The van der Waals surface area contributed by atoms with E-state index in [2.05, 4.69) is 25.7 Å². The molecule has 0 amide bonds. The summed E-state index contributed by atoms with van der Waals surface area (Å²) < 4.78 is 0. The highest BCUT2D eigenvalue weighted by molar-refractivity contribution is 4.95. The number of unbranched alkanes of at least 4 members (excludes halogenated alkanes) is 3. The fraction of sp³-hybridized carbons (Fsp3) is 0.833. The number of rotatable bonds is 6. The summed E-state index contributed by atoms with van der Waals surface area (Å²) in [6.45, 7) is 6.48. The molecular weight excluding hydrogens is 144 g/mol. The standard InChI is InChI=1S/C12H22/c1-4-6-8-9-11-12(3)10-7-5-2/h12H,4,6,8-11H2,1-3H3. The van der Waals surface area contributed by atoms with Crippen LogP contribution in [0.3, 0.4) is 0 Å². The smallest absolute Gasteiger partial charge is 0.0114 e. The lowest BCUT2D eigenvalue weighted by Gasteiger charge is -2.06. The van der Waals surface area contributed by atoms with Crippen molar-refractivity contribution in [1.82, 2.24) is 0 Å². The van der Waals surface area contributed by atoms with E-state index in [1.165, 1.54) is 32.1 Å². The summed E-state index contributed by atoms with van der Waals surface area (Å²) in [5.74, 6) is 6.89. The Bertz CT molecular complexity index is 136. The van der Waals surface area contributed by atoms with Crippen LogP contribution in [-0.4, -0.2) is 0 Å². The van der Waals surface area contributed by atoms with Crippen molar-refractivity contribution in [2.75, 3.05) is 0 Å². The van der Waals surface area contributed by atoms with Crippen LogP contribution < -0.4 is 0 Å². The SMILES string of the molecule is CC#CCC(C)CCCCCC. The molecule has 0 bridgehead atoms. The van der Waals surface area contributed by atoms with Crippen LogP contribution in [0.4, 0.5) is 0 Å². The Morgan fingerprint density at radius 3 is 2.50 bits per heavy atom. The predicted molar refractivity (Wildman–Crippen MR) is 56.0 cm³/mol. The van der Waals surface area contributed by atoms with Gasteiger partial charge in [0.2, 0.25) is 0 Å². The van der Waals surface area contributed by atoms with E-state index in [1.54, 1.807) is 0 Å². The number of hydrogen-bond acceptors (Lipinski definition) is 0. The highest BCUT2D eigenvalue weighted by Gasteiger charge is 1.98. The minimum atomic E-state index is 0.800. The molecule has 0 heterocycles. The summed E-state index contributed by atoms with van der Waals surface area (Å²) in [6, 6.07) is 0. The molecule has 0 aliphatic heterocycles. The quantitative estimate of drug-likeness (QED) is 0.413. The third-order valence-electron chi connectivity index (χ3n) is 2.18. The van der Waals surface area contributed by atoms with Crippen molar-refractivity contribution < 1.29 is 0 Å². The van der Waals surface area contributed by atoms with E-state index in [0.717, 1.165) is 12.3 Å². The maximum Gasteiger partial charge on any atom is 0.0114 e. The molecule has 0 spiro atoms. The predicted octanol–water partition coefficient (Wildman–Crippen LogP) is 4.01. The minimum Gasteiger partial charge on any atom is -0.107 e. The Morgan fingerprint density at radius 1 is 1.17 bits per heavy atom. The summed E-state index contributed by atoms with van der Waals surface area (Å²) >= 11 is 0. The average molecular weight is 166 g/mol. The highest BCUT2D eigenvalue weighted by Crippen LogP contribution is 2.12. The van der Waals surface area contributed by atoms with Crippen LogP contribution in [0.25, 0.3) is 0 Å². The molecule has 70 valence electrons. The molecule has 0 aromatic rings. The molecule has 0 aromatic heterocycles. The van der Waals surface area contributed by atoms with E-state index in [9.17, 15) is 0 Å². The Hall–Kier alpha value is -0.440. The third kappa shape index (κ3) is 7.66. The Kier molecular flexibility index (Phi) is 8.34. The fourth-order valence-electron chi connectivity index (χ4n) is 1.30. The van der Waals surface area contributed by atoms with Gasteiger partial charge in [0.05, 0.1) is 0 Å². The van der Waals surface area contributed by atoms with Crippen molar-refractivity contribution in [3.63, 3.8) is 0 Å². The van der Waals surface area contributed by atoms with Crippen LogP contribution >= 0.6 is 0 Å². The van der Waals surface area contributed by atoms with Gasteiger partial charge in [-0.25, -0.2) is 0 Å². The maximum absolute atomic E-state index is 3.14. The first kappa shape index (κ1) is 11.6. The lowest BCUT2D eigenvalue weighted by Crippen LogP contribution is -1.92. The van der Waals surface area contributed by atoms with Crippen molar-refractivity contribution in [3.8, 4) is 11.8 Å². The molecule has 0 saturated carbocycles. The first-order valence-corrected chi connectivity index (χ1v) is 5.20. The van der Waals surface area contributed by atoms with Gasteiger partial charge in [0.25, 0.3) is 0 Å². The zero-order valence-electron chi connectivity index (χ0n) is 8.82. The summed E-state index contributed by atoms with van der Waals surface area (Å²) in [4.78, 5) is 0. The van der Waals surface area contributed by atoms with Gasteiger partial charge in [-0.2, -0.15) is 0 Å². The van der Waals surface area contributed by atoms with Crippen LogP contribution in [0, 0.1) is 17.8 Å². The van der Waals surface area contributed by atoms with E-state index < -0.39 is 0 Å². The van der Waals surface area contributed by atoms with E-state index in [-0.39, 0.29) is 0 Å². The number of hydrogen-bond donors (Lipinski definition) is 0. The van der Waals surface area contributed by atoms with Crippen molar-refractivity contribution in [2.45, 2.75) is 59.3 Å². The summed E-state index contributed by atoms with van der Waals surface area (Å²) in [7, 11) is 0. The largest absolute Gasteiger partial charge is 0.107 e. The van der Waals surface area contributed by atoms with Crippen molar-refractivity contribution in [2.24, 2.45) is 5.92 Å². The Morgan fingerprint density at radius 2 is 1.92 bits per heavy atom. The van der Waals surface area contributed by atoms with Gasteiger partial charge in [-0.1, -0.05) is 39.5 Å². The summed E-state index contributed by atoms with van der Waals surface area (Å²) in [6.07, 6.45) is 7.97. The minimum absolute atomic E-state index is 0.800. The maximum atomic E-state index is 3.14. The van der Waals surface area contributed by atoms with E-state index >= 15 is 0 Å². The topological polar surface area (TPSA) is 0 Å². The third-order valence-corrected chi connectivity index (χ3v) is 2.18. The van der Waals surface area contributed by atoms with Gasteiger partial charge in [0.1, 0.15) is 0 Å². The molecule has 0 radical (unpaired) electrons. The Balaban J connectivity index is 3.17. The molecule has 0 saturated heterocycles. The van der Waals surface area contributed by atoms with E-state index in [0.29, 0.717) is 0 Å². The molecule has 0 aromatic carbocycles. The second kappa shape index (κ2) is 8.65. The first-order chi connectivity index (χ1) is 5.81. The molecule has 0 rings (SSSR count). The molecular formula is C12H22. The Labute approximate surface area is 77.8 Å². The van der Waals surface area contributed by atoms with Crippen molar-refractivity contribution in [3.05, 3.63) is 0 Å². The van der Waals surface area contributed by atoms with E-state index in [4.69, 9.17) is 0 Å². The molecule has 0 N–H and O–H groups in total. The van der Waals surface area contributed by atoms with Crippen molar-refractivity contribution in [1.29, 1.82) is 0 Å². The monoisotopic (exact) mass is 166 g/mol. The zero-order chi connectivity index (χ0) is 9.23. The molecule has 1 unspecified atom stereocenters. The average Bonchev–Trinajstić information content (AvgIpc) is 2.09. The van der Waals surface area contributed by atoms with Gasteiger partial charge >= 0.3 is 0 Å². The van der Waals surface area contributed by atoms with Crippen LogP contribution in [0.5, 0.6) is 0 Å². The van der Waals surface area contributed by atoms with Gasteiger partial charge in [-0.05, 0) is 19.3 Å². The lowest BCUT2D eigenvalue weighted by molar-refractivity contribution is 0.499. The van der Waals surface area contributed by atoms with E-state index in [1.807, 2.05) is 6.92 Å². The molecule has 1 atom stereocenters. The van der Waals surface area contributed by atoms with Gasteiger partial charge in [-0.3, -0.25) is 0 Å². The van der Waals surface area contributed by atoms with Gasteiger partial charge in [0, 0.05) is 6.42 Å². The summed E-state index contributed by atoms with van der Waals surface area (Å²) in [5.41, 5.74) is 0. The molecule has 12 heavy (non-hydrogen) atoms. The normalized spacial score (nSPS) is 11.9. The molecule has 0 fully saturated rings. The molecule has 0 heteroatoms. The lowest BCUT2D eigenvalue weighted by atomic mass is 10.00. The van der Waals surface area contributed by atoms with Gasteiger partial charge < -0.3 is 0 Å². The fourth-order valence-corrected chi connectivity index (χ4v) is 1.30. The molecule has 0 aliphatic carbocycles. The first-order valence-electron chi connectivity index (χ1n) is 5.20. The van der Waals surface area contributed by atoms with Crippen LogP contribution in [-0.2, 0) is 0 Å². The molecule has 0 aliphatic rings. The van der Waals surface area contributed by atoms with Gasteiger partial charge in [0.15, 0.2) is 0 Å². The second-order valence-corrected chi connectivity index (χ2v) is 3.59. The van der Waals surface area contributed by atoms with Crippen molar-refractivity contribution >= 4 is 0 Å². The van der Waals surface area contributed by atoms with Crippen LogP contribution in [0.1, 0.15) is 59.3 Å². The van der Waals surface area contributed by atoms with Gasteiger partial charge in [-0.15, -0.1) is 11.8 Å².